The maximum Gasteiger partial charge on any atom is 0.0128 e. The summed E-state index contributed by atoms with van der Waals surface area (Å²) < 4.78 is 0. The van der Waals surface area contributed by atoms with Gasteiger partial charge in [0.1, 0.15) is 0 Å². The summed E-state index contributed by atoms with van der Waals surface area (Å²) in [5, 5.41) is 0. The summed E-state index contributed by atoms with van der Waals surface area (Å²) in [6, 6.07) is 0. The fraction of sp³-hybridized carbons (Fsp3) is 1.00. The van der Waals surface area contributed by atoms with Crippen molar-refractivity contribution < 1.29 is 0 Å². The average molecular weight is 191 g/mol. The van der Waals surface area contributed by atoms with Gasteiger partial charge in [0.05, 0.1) is 0 Å². The van der Waals surface area contributed by atoms with Crippen LogP contribution in [-0.4, -0.2) is 17.3 Å². The molecule has 0 unspecified atom stereocenters. The molecular formula is C9H19S2. The summed E-state index contributed by atoms with van der Waals surface area (Å²) in [5.41, 5.74) is 0. The van der Waals surface area contributed by atoms with E-state index in [1.54, 1.807) is 0 Å². The SMILES string of the molecule is CCCCCCCSCC[S]. The number of rotatable bonds is 8. The van der Waals surface area contributed by atoms with Crippen LogP contribution < -0.4 is 0 Å². The third-order valence-electron chi connectivity index (χ3n) is 1.62. The zero-order valence-electron chi connectivity index (χ0n) is 7.47. The second-order valence-electron chi connectivity index (χ2n) is 2.73. The molecule has 0 bridgehead atoms. The molecule has 0 aromatic carbocycles. The van der Waals surface area contributed by atoms with Gasteiger partial charge >= 0.3 is 0 Å². The molecule has 0 aromatic rings. The van der Waals surface area contributed by atoms with Crippen molar-refractivity contribution >= 4 is 24.4 Å². The van der Waals surface area contributed by atoms with E-state index in [0.29, 0.717) is 0 Å². The van der Waals surface area contributed by atoms with Gasteiger partial charge in [-0.2, -0.15) is 11.8 Å². The van der Waals surface area contributed by atoms with Crippen LogP contribution in [0.25, 0.3) is 0 Å². The first kappa shape index (κ1) is 11.7. The zero-order valence-corrected chi connectivity index (χ0v) is 9.11. The van der Waals surface area contributed by atoms with Crippen molar-refractivity contribution in [1.29, 1.82) is 0 Å². The third-order valence-corrected chi connectivity index (χ3v) is 3.15. The van der Waals surface area contributed by atoms with Crippen LogP contribution in [0.5, 0.6) is 0 Å². The van der Waals surface area contributed by atoms with Crippen LogP contribution in [0.3, 0.4) is 0 Å². The Morgan fingerprint density at radius 3 is 2.36 bits per heavy atom. The average Bonchev–Trinajstić information content (AvgIpc) is 2.03. The lowest BCUT2D eigenvalue weighted by atomic mass is 10.2. The van der Waals surface area contributed by atoms with Crippen molar-refractivity contribution in [1.82, 2.24) is 0 Å². The van der Waals surface area contributed by atoms with Crippen LogP contribution >= 0.6 is 24.4 Å². The molecule has 0 aromatic heterocycles. The Morgan fingerprint density at radius 1 is 1.00 bits per heavy atom. The number of hydrogen-bond donors (Lipinski definition) is 0. The lowest BCUT2D eigenvalue weighted by molar-refractivity contribution is 0.659. The van der Waals surface area contributed by atoms with Gasteiger partial charge in [0.15, 0.2) is 0 Å². The van der Waals surface area contributed by atoms with E-state index in [1.165, 1.54) is 43.6 Å². The molecule has 0 aliphatic carbocycles. The first-order valence-electron chi connectivity index (χ1n) is 4.57. The maximum atomic E-state index is 4.85. The Hall–Kier alpha value is 0.700. The highest BCUT2D eigenvalue weighted by Crippen LogP contribution is 2.08. The molecule has 0 amide bonds. The summed E-state index contributed by atoms with van der Waals surface area (Å²) >= 11 is 6.86. The molecule has 0 aliphatic rings. The van der Waals surface area contributed by atoms with Crippen LogP contribution in [-0.2, 0) is 0 Å². The Labute approximate surface area is 80.9 Å². The first-order valence-corrected chi connectivity index (χ1v) is 6.31. The van der Waals surface area contributed by atoms with E-state index in [9.17, 15) is 0 Å². The van der Waals surface area contributed by atoms with E-state index in [1.807, 2.05) is 11.8 Å². The molecule has 1 radical (unpaired) electrons. The van der Waals surface area contributed by atoms with E-state index in [2.05, 4.69) is 6.92 Å². The predicted molar refractivity (Wildman–Crippen MR) is 58.5 cm³/mol. The molecule has 0 aliphatic heterocycles. The van der Waals surface area contributed by atoms with Crippen LogP contribution in [0, 0.1) is 0 Å². The van der Waals surface area contributed by atoms with Crippen molar-refractivity contribution in [2.75, 3.05) is 17.3 Å². The first-order chi connectivity index (χ1) is 5.41. The molecule has 11 heavy (non-hydrogen) atoms. The molecule has 0 saturated carbocycles. The van der Waals surface area contributed by atoms with Crippen molar-refractivity contribution in [3.8, 4) is 0 Å². The standard InChI is InChI=1S/C9H19S2/c1-2-3-4-5-6-8-11-9-7-10/h2-9H2,1H3. The fourth-order valence-electron chi connectivity index (χ4n) is 0.969. The van der Waals surface area contributed by atoms with Gasteiger partial charge in [0.2, 0.25) is 0 Å². The highest BCUT2D eigenvalue weighted by atomic mass is 32.2. The van der Waals surface area contributed by atoms with E-state index >= 15 is 0 Å². The fourth-order valence-corrected chi connectivity index (χ4v) is 2.05. The molecule has 0 spiro atoms. The normalized spacial score (nSPS) is 10.4. The lowest BCUT2D eigenvalue weighted by Crippen LogP contribution is -1.85. The van der Waals surface area contributed by atoms with E-state index in [-0.39, 0.29) is 0 Å². The third kappa shape index (κ3) is 10.7. The molecule has 0 heterocycles. The number of unbranched alkanes of at least 4 members (excludes halogenated alkanes) is 4. The molecule has 2 heteroatoms. The smallest absolute Gasteiger partial charge is 0.0128 e. The van der Waals surface area contributed by atoms with E-state index in [4.69, 9.17) is 12.6 Å². The maximum absolute atomic E-state index is 4.85. The molecule has 67 valence electrons. The monoisotopic (exact) mass is 191 g/mol. The van der Waals surface area contributed by atoms with Crippen LogP contribution in [0.1, 0.15) is 39.0 Å². The molecule has 0 atom stereocenters. The quantitative estimate of drug-likeness (QED) is 0.525. The van der Waals surface area contributed by atoms with Gasteiger partial charge in [-0.05, 0) is 12.2 Å². The van der Waals surface area contributed by atoms with Crippen LogP contribution in [0.2, 0.25) is 0 Å². The van der Waals surface area contributed by atoms with Crippen LogP contribution in [0.4, 0.5) is 0 Å². The summed E-state index contributed by atoms with van der Waals surface area (Å²) in [7, 11) is 0. The summed E-state index contributed by atoms with van der Waals surface area (Å²) in [6.45, 7) is 2.26. The minimum atomic E-state index is 0.916. The second kappa shape index (κ2) is 10.7. The minimum Gasteiger partial charge on any atom is -0.161 e. The molecule has 0 N–H and O–H groups in total. The summed E-state index contributed by atoms with van der Waals surface area (Å²) in [5.74, 6) is 3.41. The van der Waals surface area contributed by atoms with Gasteiger partial charge in [-0.15, -0.1) is 0 Å². The predicted octanol–water partition coefficient (Wildman–Crippen LogP) is 3.89. The molecular weight excluding hydrogens is 172 g/mol. The Bertz CT molecular complexity index is 56.6. The van der Waals surface area contributed by atoms with Gasteiger partial charge < -0.3 is 0 Å². The Morgan fingerprint density at radius 2 is 1.73 bits per heavy atom. The summed E-state index contributed by atoms with van der Waals surface area (Å²) in [4.78, 5) is 0. The van der Waals surface area contributed by atoms with Crippen molar-refractivity contribution in [2.24, 2.45) is 0 Å². The largest absolute Gasteiger partial charge is 0.161 e. The van der Waals surface area contributed by atoms with Crippen LogP contribution in [0.15, 0.2) is 0 Å². The summed E-state index contributed by atoms with van der Waals surface area (Å²) in [6.07, 6.45) is 6.98. The molecule has 0 saturated heterocycles. The van der Waals surface area contributed by atoms with Gasteiger partial charge in [-0.3, -0.25) is 0 Å². The highest BCUT2D eigenvalue weighted by molar-refractivity contribution is 7.99. The van der Waals surface area contributed by atoms with Gasteiger partial charge in [-0.25, -0.2) is 0 Å². The number of thioether (sulfide) groups is 1. The highest BCUT2D eigenvalue weighted by Gasteiger charge is 1.89. The second-order valence-corrected chi connectivity index (χ2v) is 4.36. The zero-order chi connectivity index (χ0) is 8.36. The Balaban J connectivity index is 2.69. The van der Waals surface area contributed by atoms with Crippen molar-refractivity contribution in [2.45, 2.75) is 39.0 Å². The molecule has 0 rings (SSSR count). The van der Waals surface area contributed by atoms with Gasteiger partial charge in [-0.1, -0.05) is 45.2 Å². The van der Waals surface area contributed by atoms with E-state index < -0.39 is 0 Å². The number of hydrogen-bond acceptors (Lipinski definition) is 1. The van der Waals surface area contributed by atoms with Gasteiger partial charge in [0, 0.05) is 11.5 Å². The van der Waals surface area contributed by atoms with E-state index in [0.717, 1.165) is 5.75 Å². The molecule has 0 nitrogen and oxygen atoms in total. The van der Waals surface area contributed by atoms with Gasteiger partial charge in [0.25, 0.3) is 0 Å². The molecule has 0 fully saturated rings. The van der Waals surface area contributed by atoms with Crippen molar-refractivity contribution in [3.63, 3.8) is 0 Å². The minimum absolute atomic E-state index is 0.916. The lowest BCUT2D eigenvalue weighted by Gasteiger charge is -1.98. The topological polar surface area (TPSA) is 0 Å². The van der Waals surface area contributed by atoms with Crippen molar-refractivity contribution in [3.05, 3.63) is 0 Å². The Kier molecular flexibility index (Phi) is 11.4.